The van der Waals surface area contributed by atoms with Gasteiger partial charge in [-0.1, -0.05) is 6.07 Å². The van der Waals surface area contributed by atoms with Gasteiger partial charge < -0.3 is 5.32 Å². The van der Waals surface area contributed by atoms with Crippen LogP contribution in [-0.4, -0.2) is 31.1 Å². The molecule has 0 saturated heterocycles. The normalized spacial score (nSPS) is 10.8. The number of carbonyl (C=O) groups excluding carboxylic acids is 1. The molecule has 8 heteroatoms. The Morgan fingerprint density at radius 3 is 2.92 bits per heavy atom. The van der Waals surface area contributed by atoms with Crippen molar-refractivity contribution in [3.05, 3.63) is 59.6 Å². The van der Waals surface area contributed by atoms with Gasteiger partial charge in [0.05, 0.1) is 11.4 Å². The van der Waals surface area contributed by atoms with Gasteiger partial charge in [-0.25, -0.2) is 9.97 Å². The lowest BCUT2D eigenvalue weighted by molar-refractivity contribution is 0.0954. The van der Waals surface area contributed by atoms with Gasteiger partial charge in [-0.05, 0) is 24.3 Å². The highest BCUT2D eigenvalue weighted by atomic mass is 32.1. The van der Waals surface area contributed by atoms with Gasteiger partial charge >= 0.3 is 0 Å². The highest BCUT2D eigenvalue weighted by Crippen LogP contribution is 2.23. The van der Waals surface area contributed by atoms with Gasteiger partial charge in [0.25, 0.3) is 5.91 Å². The second kappa shape index (κ2) is 6.17. The van der Waals surface area contributed by atoms with Crippen LogP contribution in [-0.2, 0) is 6.54 Å². The second-order valence-corrected chi connectivity index (χ2v) is 6.06. The van der Waals surface area contributed by atoms with Crippen LogP contribution in [0.5, 0.6) is 0 Å². The fraction of sp³-hybridized carbons (Fsp3) is 0.0625. The van der Waals surface area contributed by atoms with E-state index in [1.54, 1.807) is 18.6 Å². The highest BCUT2D eigenvalue weighted by Gasteiger charge is 2.12. The van der Waals surface area contributed by atoms with E-state index >= 15 is 0 Å². The van der Waals surface area contributed by atoms with E-state index in [9.17, 15) is 4.79 Å². The third kappa shape index (κ3) is 2.86. The maximum Gasteiger partial charge on any atom is 0.261 e. The zero-order chi connectivity index (χ0) is 16.4. The molecule has 2 N–H and O–H groups in total. The van der Waals surface area contributed by atoms with Gasteiger partial charge in [0.2, 0.25) is 0 Å². The van der Waals surface area contributed by atoms with Crippen molar-refractivity contribution < 1.29 is 4.79 Å². The van der Waals surface area contributed by atoms with E-state index in [1.807, 2.05) is 30.3 Å². The van der Waals surface area contributed by atoms with Gasteiger partial charge in [0.15, 0.2) is 5.82 Å². The SMILES string of the molecule is O=C(NCc1nc(-c2ccncc2)n[nH]1)c1cc2cccnc2s1. The Morgan fingerprint density at radius 2 is 2.08 bits per heavy atom. The molecule has 4 aromatic heterocycles. The first-order valence-electron chi connectivity index (χ1n) is 7.24. The molecular weight excluding hydrogens is 324 g/mol. The first kappa shape index (κ1) is 14.5. The molecule has 118 valence electrons. The average Bonchev–Trinajstić information content (AvgIpc) is 3.27. The predicted molar refractivity (Wildman–Crippen MR) is 90.4 cm³/mol. The zero-order valence-corrected chi connectivity index (χ0v) is 13.2. The molecule has 0 bridgehead atoms. The number of pyridine rings is 2. The van der Waals surface area contributed by atoms with Crippen LogP contribution in [0.25, 0.3) is 21.6 Å². The van der Waals surface area contributed by atoms with Crippen molar-refractivity contribution in [3.8, 4) is 11.4 Å². The largest absolute Gasteiger partial charge is 0.344 e. The molecular formula is C16H12N6OS. The summed E-state index contributed by atoms with van der Waals surface area (Å²) < 4.78 is 0. The molecule has 0 fully saturated rings. The van der Waals surface area contributed by atoms with E-state index in [0.29, 0.717) is 16.5 Å². The fourth-order valence-corrected chi connectivity index (χ4v) is 3.16. The van der Waals surface area contributed by atoms with E-state index in [1.165, 1.54) is 11.3 Å². The minimum atomic E-state index is -0.153. The summed E-state index contributed by atoms with van der Waals surface area (Å²) in [5.41, 5.74) is 0.870. The van der Waals surface area contributed by atoms with Crippen LogP contribution in [0.1, 0.15) is 15.5 Å². The summed E-state index contributed by atoms with van der Waals surface area (Å²) in [6.07, 6.45) is 5.08. The Bertz CT molecular complexity index is 961. The summed E-state index contributed by atoms with van der Waals surface area (Å²) in [5, 5.41) is 10.8. The number of aromatic amines is 1. The van der Waals surface area contributed by atoms with Gasteiger partial charge in [-0.3, -0.25) is 14.9 Å². The molecule has 0 unspecified atom stereocenters. The number of H-pyrrole nitrogens is 1. The predicted octanol–water partition coefficient (Wildman–Crippen LogP) is 2.41. The van der Waals surface area contributed by atoms with E-state index in [2.05, 4.69) is 30.5 Å². The van der Waals surface area contributed by atoms with Crippen LogP contribution in [0.15, 0.2) is 48.9 Å². The zero-order valence-electron chi connectivity index (χ0n) is 12.4. The Balaban J connectivity index is 1.45. The molecule has 0 aliphatic rings. The number of hydrogen-bond donors (Lipinski definition) is 2. The van der Waals surface area contributed by atoms with Crippen molar-refractivity contribution in [2.24, 2.45) is 0 Å². The quantitative estimate of drug-likeness (QED) is 0.596. The third-order valence-electron chi connectivity index (χ3n) is 3.40. The number of thiophene rings is 1. The molecule has 0 atom stereocenters. The minimum Gasteiger partial charge on any atom is -0.344 e. The first-order valence-corrected chi connectivity index (χ1v) is 8.06. The molecule has 0 aromatic carbocycles. The number of nitrogens with zero attached hydrogens (tertiary/aromatic N) is 4. The van der Waals surface area contributed by atoms with Gasteiger partial charge in [0.1, 0.15) is 10.7 Å². The number of fused-ring (bicyclic) bond motifs is 1. The smallest absolute Gasteiger partial charge is 0.261 e. The molecule has 4 aromatic rings. The third-order valence-corrected chi connectivity index (χ3v) is 4.46. The number of aromatic nitrogens is 5. The number of nitrogens with one attached hydrogen (secondary N) is 2. The van der Waals surface area contributed by atoms with Crippen LogP contribution >= 0.6 is 11.3 Å². The van der Waals surface area contributed by atoms with Crippen molar-refractivity contribution >= 4 is 27.5 Å². The summed E-state index contributed by atoms with van der Waals surface area (Å²) in [5.74, 6) is 1.02. The van der Waals surface area contributed by atoms with Crippen LogP contribution in [0.3, 0.4) is 0 Å². The Labute approximate surface area is 140 Å². The summed E-state index contributed by atoms with van der Waals surface area (Å²) in [7, 11) is 0. The monoisotopic (exact) mass is 336 g/mol. The molecule has 0 spiro atoms. The maximum absolute atomic E-state index is 12.3. The standard InChI is InChI=1S/C16H12N6OS/c23-15(12-8-11-2-1-5-18-16(11)24-12)19-9-13-20-14(22-21-13)10-3-6-17-7-4-10/h1-8H,9H2,(H,19,23)(H,20,21,22). The van der Waals surface area contributed by atoms with Crippen LogP contribution in [0, 0.1) is 0 Å². The van der Waals surface area contributed by atoms with Crippen molar-refractivity contribution in [2.75, 3.05) is 0 Å². The summed E-state index contributed by atoms with van der Waals surface area (Å²) in [6.45, 7) is 0.276. The van der Waals surface area contributed by atoms with E-state index in [-0.39, 0.29) is 12.5 Å². The topological polar surface area (TPSA) is 96.5 Å². The van der Waals surface area contributed by atoms with Crippen LogP contribution in [0.4, 0.5) is 0 Å². The van der Waals surface area contributed by atoms with Crippen molar-refractivity contribution in [1.82, 2.24) is 30.5 Å². The van der Waals surface area contributed by atoms with Crippen molar-refractivity contribution in [1.29, 1.82) is 0 Å². The first-order chi connectivity index (χ1) is 11.8. The molecule has 1 amide bonds. The van der Waals surface area contributed by atoms with Gasteiger partial charge in [0, 0.05) is 29.5 Å². The molecule has 0 radical (unpaired) electrons. The van der Waals surface area contributed by atoms with Crippen LogP contribution in [0.2, 0.25) is 0 Å². The minimum absolute atomic E-state index is 0.153. The van der Waals surface area contributed by atoms with E-state index < -0.39 is 0 Å². The molecule has 0 aliphatic heterocycles. The summed E-state index contributed by atoms with van der Waals surface area (Å²) in [6, 6.07) is 9.29. The van der Waals surface area contributed by atoms with E-state index in [0.717, 1.165) is 15.8 Å². The van der Waals surface area contributed by atoms with Gasteiger partial charge in [-0.2, -0.15) is 5.10 Å². The number of carbonyl (C=O) groups is 1. The lowest BCUT2D eigenvalue weighted by atomic mass is 10.2. The summed E-state index contributed by atoms with van der Waals surface area (Å²) >= 11 is 1.37. The lowest BCUT2D eigenvalue weighted by Gasteiger charge is -1.99. The number of hydrogen-bond acceptors (Lipinski definition) is 6. The lowest BCUT2D eigenvalue weighted by Crippen LogP contribution is -2.22. The molecule has 24 heavy (non-hydrogen) atoms. The Morgan fingerprint density at radius 1 is 1.21 bits per heavy atom. The number of amides is 1. The van der Waals surface area contributed by atoms with E-state index in [4.69, 9.17) is 0 Å². The maximum atomic E-state index is 12.3. The molecule has 7 nitrogen and oxygen atoms in total. The van der Waals surface area contributed by atoms with Gasteiger partial charge in [-0.15, -0.1) is 11.3 Å². The van der Waals surface area contributed by atoms with Crippen molar-refractivity contribution in [3.63, 3.8) is 0 Å². The molecule has 0 aliphatic carbocycles. The highest BCUT2D eigenvalue weighted by molar-refractivity contribution is 7.20. The molecule has 0 saturated carbocycles. The van der Waals surface area contributed by atoms with Crippen LogP contribution < -0.4 is 5.32 Å². The average molecular weight is 336 g/mol. The Hall–Kier alpha value is -3.13. The number of rotatable bonds is 4. The second-order valence-electron chi connectivity index (χ2n) is 5.03. The molecule has 4 rings (SSSR count). The fourth-order valence-electron chi connectivity index (χ4n) is 2.24. The summed E-state index contributed by atoms with van der Waals surface area (Å²) in [4.78, 5) is 26.3. The molecule has 4 heterocycles. The van der Waals surface area contributed by atoms with Crippen molar-refractivity contribution in [2.45, 2.75) is 6.54 Å². The Kier molecular flexibility index (Phi) is 3.72.